The first kappa shape index (κ1) is 13.5. The van der Waals surface area contributed by atoms with Crippen molar-refractivity contribution in [3.05, 3.63) is 35.6 Å². The van der Waals surface area contributed by atoms with Crippen molar-refractivity contribution in [2.45, 2.75) is 19.5 Å². The average molecular weight is 252 g/mol. The van der Waals surface area contributed by atoms with Crippen LogP contribution in [0.4, 0.5) is 4.39 Å². The maximum Gasteiger partial charge on any atom is 0.127 e. The van der Waals surface area contributed by atoms with E-state index in [4.69, 9.17) is 4.74 Å². The predicted molar refractivity (Wildman–Crippen MR) is 70.0 cm³/mol. The van der Waals surface area contributed by atoms with E-state index < -0.39 is 0 Å². The van der Waals surface area contributed by atoms with Crippen molar-refractivity contribution in [2.24, 2.45) is 0 Å². The van der Waals surface area contributed by atoms with Crippen molar-refractivity contribution in [2.75, 3.05) is 32.8 Å². The molecular formula is C14H21FN2O. The van der Waals surface area contributed by atoms with Crippen LogP contribution in [0.2, 0.25) is 0 Å². The molecule has 2 rings (SSSR count). The highest BCUT2D eigenvalue weighted by Gasteiger charge is 2.13. The summed E-state index contributed by atoms with van der Waals surface area (Å²) in [6, 6.07) is 7.26. The molecule has 0 radical (unpaired) electrons. The summed E-state index contributed by atoms with van der Waals surface area (Å²) in [5.41, 5.74) is 0.728. The van der Waals surface area contributed by atoms with Gasteiger partial charge in [-0.15, -0.1) is 0 Å². The molecule has 1 saturated heterocycles. The van der Waals surface area contributed by atoms with Gasteiger partial charge in [-0.05, 0) is 13.0 Å². The van der Waals surface area contributed by atoms with Crippen LogP contribution >= 0.6 is 0 Å². The second kappa shape index (κ2) is 6.83. The summed E-state index contributed by atoms with van der Waals surface area (Å²) in [6.07, 6.45) is 0. The van der Waals surface area contributed by atoms with Crippen molar-refractivity contribution in [3.63, 3.8) is 0 Å². The van der Waals surface area contributed by atoms with Gasteiger partial charge in [-0.2, -0.15) is 0 Å². The van der Waals surface area contributed by atoms with E-state index in [0.717, 1.165) is 38.4 Å². The Morgan fingerprint density at radius 3 is 2.78 bits per heavy atom. The summed E-state index contributed by atoms with van der Waals surface area (Å²) in [7, 11) is 0. The molecule has 1 atom stereocenters. The van der Waals surface area contributed by atoms with Crippen LogP contribution in [0.3, 0.4) is 0 Å². The minimum absolute atomic E-state index is 0.136. The van der Waals surface area contributed by atoms with Crippen molar-refractivity contribution >= 4 is 0 Å². The Labute approximate surface area is 108 Å². The highest BCUT2D eigenvalue weighted by molar-refractivity contribution is 5.16. The Kier molecular flexibility index (Phi) is 5.11. The van der Waals surface area contributed by atoms with Gasteiger partial charge in [-0.3, -0.25) is 4.90 Å². The topological polar surface area (TPSA) is 24.5 Å². The summed E-state index contributed by atoms with van der Waals surface area (Å²) < 4.78 is 18.7. The molecule has 1 N–H and O–H groups in total. The fourth-order valence-electron chi connectivity index (χ4n) is 2.16. The van der Waals surface area contributed by atoms with Gasteiger partial charge in [-0.25, -0.2) is 4.39 Å². The van der Waals surface area contributed by atoms with E-state index >= 15 is 0 Å². The van der Waals surface area contributed by atoms with Crippen molar-refractivity contribution in [1.29, 1.82) is 0 Å². The van der Waals surface area contributed by atoms with Gasteiger partial charge in [0, 0.05) is 37.8 Å². The number of ether oxygens (including phenoxy) is 1. The maximum atomic E-state index is 13.4. The van der Waals surface area contributed by atoms with E-state index in [2.05, 4.69) is 17.1 Å². The summed E-state index contributed by atoms with van der Waals surface area (Å²) in [5, 5.41) is 3.36. The number of nitrogens with one attached hydrogen (secondary N) is 1. The minimum atomic E-state index is -0.136. The molecule has 0 amide bonds. The third-order valence-electron chi connectivity index (χ3n) is 3.23. The average Bonchev–Trinajstić information content (AvgIpc) is 2.39. The van der Waals surface area contributed by atoms with Crippen LogP contribution in [0, 0.1) is 5.82 Å². The Balaban J connectivity index is 1.74. The van der Waals surface area contributed by atoms with E-state index in [1.54, 1.807) is 6.07 Å². The lowest BCUT2D eigenvalue weighted by Crippen LogP contribution is -2.44. The third-order valence-corrected chi connectivity index (χ3v) is 3.23. The second-order valence-corrected chi connectivity index (χ2v) is 4.79. The molecule has 0 saturated carbocycles. The lowest BCUT2D eigenvalue weighted by molar-refractivity contribution is 0.0343. The van der Waals surface area contributed by atoms with Gasteiger partial charge < -0.3 is 10.1 Å². The summed E-state index contributed by atoms with van der Waals surface area (Å²) >= 11 is 0. The number of nitrogens with zero attached hydrogens (tertiary/aromatic N) is 1. The molecule has 1 heterocycles. The number of hydrogen-bond donors (Lipinski definition) is 1. The van der Waals surface area contributed by atoms with Gasteiger partial charge in [0.2, 0.25) is 0 Å². The molecule has 1 aliphatic heterocycles. The SMILES string of the molecule is CC(CN1CCOCC1)NCc1ccccc1F. The monoisotopic (exact) mass is 252 g/mol. The first-order valence-corrected chi connectivity index (χ1v) is 6.52. The van der Waals surface area contributed by atoms with Crippen molar-refractivity contribution in [3.8, 4) is 0 Å². The molecule has 3 nitrogen and oxygen atoms in total. The van der Waals surface area contributed by atoms with Gasteiger partial charge in [0.05, 0.1) is 13.2 Å². The molecule has 0 bridgehead atoms. The Morgan fingerprint density at radius 1 is 1.33 bits per heavy atom. The van der Waals surface area contributed by atoms with Crippen LogP contribution < -0.4 is 5.32 Å². The molecule has 0 aromatic heterocycles. The van der Waals surface area contributed by atoms with E-state index in [1.807, 2.05) is 12.1 Å². The highest BCUT2D eigenvalue weighted by Crippen LogP contribution is 2.06. The second-order valence-electron chi connectivity index (χ2n) is 4.79. The zero-order valence-corrected chi connectivity index (χ0v) is 10.9. The van der Waals surface area contributed by atoms with Gasteiger partial charge in [0.1, 0.15) is 5.82 Å². The Bertz CT molecular complexity index is 367. The molecule has 1 unspecified atom stereocenters. The van der Waals surface area contributed by atoms with E-state index in [0.29, 0.717) is 12.6 Å². The fraction of sp³-hybridized carbons (Fsp3) is 0.571. The normalized spacial score (nSPS) is 18.8. The zero-order chi connectivity index (χ0) is 12.8. The smallest absolute Gasteiger partial charge is 0.127 e. The standard InChI is InChI=1S/C14H21FN2O/c1-12(11-17-6-8-18-9-7-17)16-10-13-4-2-3-5-14(13)15/h2-5,12,16H,6-11H2,1H3. The number of hydrogen-bond acceptors (Lipinski definition) is 3. The number of benzene rings is 1. The summed E-state index contributed by atoms with van der Waals surface area (Å²) in [5.74, 6) is -0.136. The molecule has 1 aromatic carbocycles. The number of rotatable bonds is 5. The van der Waals surface area contributed by atoms with Gasteiger partial charge in [0.25, 0.3) is 0 Å². The van der Waals surface area contributed by atoms with Crippen molar-refractivity contribution < 1.29 is 9.13 Å². The van der Waals surface area contributed by atoms with E-state index in [9.17, 15) is 4.39 Å². The van der Waals surface area contributed by atoms with Crippen LogP contribution in [0.5, 0.6) is 0 Å². The number of morpholine rings is 1. The molecule has 1 aromatic rings. The van der Waals surface area contributed by atoms with Gasteiger partial charge in [0.15, 0.2) is 0 Å². The summed E-state index contributed by atoms with van der Waals surface area (Å²) in [6.45, 7) is 7.32. The minimum Gasteiger partial charge on any atom is -0.379 e. The lowest BCUT2D eigenvalue weighted by atomic mass is 10.2. The first-order valence-electron chi connectivity index (χ1n) is 6.52. The molecule has 0 aliphatic carbocycles. The molecule has 1 fully saturated rings. The lowest BCUT2D eigenvalue weighted by Gasteiger charge is -2.29. The van der Waals surface area contributed by atoms with Crippen molar-refractivity contribution in [1.82, 2.24) is 10.2 Å². The van der Waals surface area contributed by atoms with Crippen LogP contribution in [-0.2, 0) is 11.3 Å². The largest absolute Gasteiger partial charge is 0.379 e. The summed E-state index contributed by atoms with van der Waals surface area (Å²) in [4.78, 5) is 2.38. The van der Waals surface area contributed by atoms with Crippen LogP contribution in [0.25, 0.3) is 0 Å². The van der Waals surface area contributed by atoms with E-state index in [1.165, 1.54) is 6.07 Å². The Hall–Kier alpha value is -0.970. The fourth-order valence-corrected chi connectivity index (χ4v) is 2.16. The van der Waals surface area contributed by atoms with Gasteiger partial charge >= 0.3 is 0 Å². The Morgan fingerprint density at radius 2 is 2.06 bits per heavy atom. The molecule has 0 spiro atoms. The molecule has 100 valence electrons. The molecule has 18 heavy (non-hydrogen) atoms. The van der Waals surface area contributed by atoms with Gasteiger partial charge in [-0.1, -0.05) is 18.2 Å². The molecular weight excluding hydrogens is 231 g/mol. The zero-order valence-electron chi connectivity index (χ0n) is 10.9. The van der Waals surface area contributed by atoms with Crippen LogP contribution in [0.15, 0.2) is 24.3 Å². The predicted octanol–water partition coefficient (Wildman–Crippen LogP) is 1.64. The molecule has 4 heteroatoms. The molecule has 1 aliphatic rings. The quantitative estimate of drug-likeness (QED) is 0.862. The number of halogens is 1. The first-order chi connectivity index (χ1) is 8.75. The third kappa shape index (κ3) is 4.05. The maximum absolute atomic E-state index is 13.4. The van der Waals surface area contributed by atoms with Crippen LogP contribution in [0.1, 0.15) is 12.5 Å². The van der Waals surface area contributed by atoms with Crippen LogP contribution in [-0.4, -0.2) is 43.8 Å². The van der Waals surface area contributed by atoms with E-state index in [-0.39, 0.29) is 5.82 Å². The highest BCUT2D eigenvalue weighted by atomic mass is 19.1.